The second-order valence-corrected chi connectivity index (χ2v) is 7.94. The molecule has 2 unspecified atom stereocenters. The van der Waals surface area contributed by atoms with Gasteiger partial charge in [-0.1, -0.05) is 29.8 Å². The van der Waals surface area contributed by atoms with Crippen molar-refractivity contribution in [3.8, 4) is 11.5 Å². The van der Waals surface area contributed by atoms with Crippen molar-refractivity contribution in [3.05, 3.63) is 51.5 Å². The lowest BCUT2D eigenvalue weighted by Crippen LogP contribution is -2.45. The van der Waals surface area contributed by atoms with E-state index in [1.165, 1.54) is 0 Å². The number of hydrogen-bond acceptors (Lipinski definition) is 4. The average Bonchev–Trinajstić information content (AvgIpc) is 2.68. The van der Waals surface area contributed by atoms with E-state index in [1.807, 2.05) is 25.1 Å². The smallest absolute Gasteiger partial charge is 0.235 e. The van der Waals surface area contributed by atoms with Gasteiger partial charge in [0.15, 0.2) is 16.6 Å². The summed E-state index contributed by atoms with van der Waals surface area (Å²) in [6.07, 6.45) is 0. The third-order valence-corrected chi connectivity index (χ3v) is 6.09. The molecule has 0 saturated carbocycles. The number of anilines is 1. The van der Waals surface area contributed by atoms with Gasteiger partial charge in [0.2, 0.25) is 5.91 Å². The minimum absolute atomic E-state index is 0.102. The Morgan fingerprint density at radius 1 is 1.41 bits per heavy atom. The van der Waals surface area contributed by atoms with Gasteiger partial charge in [-0.05, 0) is 65.8 Å². The largest absolute Gasteiger partial charge is 0.503 e. The predicted molar refractivity (Wildman–Crippen MR) is 122 cm³/mol. The Kier molecular flexibility index (Phi) is 6.77. The molecule has 0 aliphatic carbocycles. The number of benzene rings is 2. The van der Waals surface area contributed by atoms with E-state index in [9.17, 15) is 9.90 Å². The van der Waals surface area contributed by atoms with Crippen LogP contribution in [0.2, 0.25) is 5.02 Å². The molecule has 1 aliphatic heterocycles. The Bertz CT molecular complexity index is 985. The number of carbonyl (C=O) groups excluding carboxylic acids is 1. The van der Waals surface area contributed by atoms with Crippen LogP contribution in [0.3, 0.4) is 0 Å². The maximum atomic E-state index is 13.1. The van der Waals surface area contributed by atoms with Gasteiger partial charge in [-0.3, -0.25) is 4.79 Å². The molecule has 3 rings (SSSR count). The summed E-state index contributed by atoms with van der Waals surface area (Å²) in [5.74, 6) is -0.774. The van der Waals surface area contributed by atoms with Crippen molar-refractivity contribution in [2.24, 2.45) is 10.9 Å². The highest BCUT2D eigenvalue weighted by Gasteiger charge is 2.38. The van der Waals surface area contributed by atoms with Gasteiger partial charge in [-0.15, -0.1) is 0 Å². The molecule has 0 saturated heterocycles. The summed E-state index contributed by atoms with van der Waals surface area (Å²) in [6, 6.07) is 10.2. The summed E-state index contributed by atoms with van der Waals surface area (Å²) < 4.78 is 5.81. The zero-order valence-electron chi connectivity index (χ0n) is 15.7. The van der Waals surface area contributed by atoms with Crippen molar-refractivity contribution >= 4 is 62.2 Å². The molecule has 0 bridgehead atoms. The Balaban J connectivity index is 2.05. The molecule has 2 atom stereocenters. The number of aromatic hydroxyl groups is 1. The molecule has 6 nitrogen and oxygen atoms in total. The second kappa shape index (κ2) is 9.11. The fourth-order valence-corrected chi connectivity index (χ4v) is 4.12. The van der Waals surface area contributed by atoms with Gasteiger partial charge in [0.1, 0.15) is 5.92 Å². The SMILES string of the molecule is CCOc1cc(C2NC(=S)N=C(C)C2C(=O)Nc2ccccc2)c(Cl)c(Br)c1O. The van der Waals surface area contributed by atoms with Crippen molar-refractivity contribution in [2.75, 3.05) is 11.9 Å². The number of para-hydroxylation sites is 1. The van der Waals surface area contributed by atoms with Crippen LogP contribution in [0.25, 0.3) is 0 Å². The van der Waals surface area contributed by atoms with Crippen molar-refractivity contribution in [3.63, 3.8) is 0 Å². The van der Waals surface area contributed by atoms with E-state index in [0.717, 1.165) is 0 Å². The highest BCUT2D eigenvalue weighted by Crippen LogP contribution is 2.45. The molecule has 0 radical (unpaired) electrons. The fourth-order valence-electron chi connectivity index (χ4n) is 3.16. The fraction of sp³-hybridized carbons (Fsp3) is 0.250. The third kappa shape index (κ3) is 4.55. The van der Waals surface area contributed by atoms with Crippen LogP contribution in [-0.4, -0.2) is 28.4 Å². The van der Waals surface area contributed by atoms with Crippen LogP contribution in [-0.2, 0) is 4.79 Å². The number of phenolic OH excluding ortho intramolecular Hbond substituents is 1. The van der Waals surface area contributed by atoms with Gasteiger partial charge >= 0.3 is 0 Å². The number of rotatable bonds is 5. The summed E-state index contributed by atoms with van der Waals surface area (Å²) in [7, 11) is 0. The molecule has 9 heteroatoms. The van der Waals surface area contributed by atoms with Gasteiger partial charge < -0.3 is 20.5 Å². The Morgan fingerprint density at radius 3 is 2.76 bits per heavy atom. The molecule has 3 N–H and O–H groups in total. The van der Waals surface area contributed by atoms with Crippen molar-refractivity contribution in [2.45, 2.75) is 19.9 Å². The third-order valence-electron chi connectivity index (χ3n) is 4.47. The Hall–Kier alpha value is -2.16. The first kappa shape index (κ1) is 21.5. The number of ether oxygens (including phenoxy) is 1. The molecule has 1 heterocycles. The van der Waals surface area contributed by atoms with Gasteiger partial charge in [0.25, 0.3) is 0 Å². The molecule has 2 aromatic carbocycles. The van der Waals surface area contributed by atoms with Crippen LogP contribution in [0, 0.1) is 5.92 Å². The highest BCUT2D eigenvalue weighted by atomic mass is 79.9. The van der Waals surface area contributed by atoms with Crippen molar-refractivity contribution < 1.29 is 14.6 Å². The molecule has 0 spiro atoms. The molecule has 1 amide bonds. The monoisotopic (exact) mass is 495 g/mol. The van der Waals surface area contributed by atoms with E-state index < -0.39 is 12.0 Å². The number of halogens is 2. The molecular formula is C20H19BrClN3O3S. The van der Waals surface area contributed by atoms with Crippen LogP contribution in [0.4, 0.5) is 5.69 Å². The number of phenols is 1. The molecule has 1 aliphatic rings. The number of thiocarbonyl (C=S) groups is 1. The van der Waals surface area contributed by atoms with E-state index in [-0.39, 0.29) is 32.0 Å². The number of amides is 1. The lowest BCUT2D eigenvalue weighted by atomic mass is 9.87. The topological polar surface area (TPSA) is 83.0 Å². The maximum Gasteiger partial charge on any atom is 0.235 e. The van der Waals surface area contributed by atoms with Gasteiger partial charge in [0, 0.05) is 11.4 Å². The summed E-state index contributed by atoms with van der Waals surface area (Å²) >= 11 is 15.1. The Morgan fingerprint density at radius 2 is 2.10 bits per heavy atom. The van der Waals surface area contributed by atoms with Crippen LogP contribution in [0.15, 0.2) is 45.9 Å². The first-order valence-corrected chi connectivity index (χ1v) is 10.5. The number of aliphatic imine (C=N–C) groups is 1. The molecule has 0 fully saturated rings. The van der Waals surface area contributed by atoms with Crippen LogP contribution >= 0.6 is 39.7 Å². The zero-order valence-corrected chi connectivity index (χ0v) is 18.9. The molecule has 29 heavy (non-hydrogen) atoms. The van der Waals surface area contributed by atoms with Crippen LogP contribution in [0.5, 0.6) is 11.5 Å². The number of nitrogens with one attached hydrogen (secondary N) is 2. The van der Waals surface area contributed by atoms with E-state index in [1.54, 1.807) is 25.1 Å². The zero-order chi connectivity index (χ0) is 21.1. The lowest BCUT2D eigenvalue weighted by Gasteiger charge is -2.32. The highest BCUT2D eigenvalue weighted by molar-refractivity contribution is 9.10. The maximum absolute atomic E-state index is 13.1. The van der Waals surface area contributed by atoms with Crippen molar-refractivity contribution in [1.29, 1.82) is 0 Å². The van der Waals surface area contributed by atoms with Crippen LogP contribution < -0.4 is 15.4 Å². The summed E-state index contributed by atoms with van der Waals surface area (Å²) in [6.45, 7) is 3.92. The van der Waals surface area contributed by atoms with Gasteiger partial charge in [-0.25, -0.2) is 4.99 Å². The number of nitrogens with zero attached hydrogens (tertiary/aromatic N) is 1. The first-order valence-electron chi connectivity index (χ1n) is 8.88. The number of carbonyl (C=O) groups is 1. The molecule has 2 aromatic rings. The van der Waals surface area contributed by atoms with E-state index in [4.69, 9.17) is 28.6 Å². The van der Waals surface area contributed by atoms with Gasteiger partial charge in [0.05, 0.1) is 22.1 Å². The summed E-state index contributed by atoms with van der Waals surface area (Å²) in [5, 5.41) is 16.8. The van der Waals surface area contributed by atoms with E-state index in [0.29, 0.717) is 23.6 Å². The average molecular weight is 497 g/mol. The second-order valence-electron chi connectivity index (χ2n) is 6.39. The summed E-state index contributed by atoms with van der Waals surface area (Å²) in [4.78, 5) is 17.4. The molecular weight excluding hydrogens is 478 g/mol. The Labute approximate surface area is 187 Å². The van der Waals surface area contributed by atoms with E-state index >= 15 is 0 Å². The normalized spacial score (nSPS) is 18.6. The molecule has 0 aromatic heterocycles. The van der Waals surface area contributed by atoms with Gasteiger partial charge in [-0.2, -0.15) is 0 Å². The van der Waals surface area contributed by atoms with Crippen molar-refractivity contribution in [1.82, 2.24) is 5.32 Å². The first-order chi connectivity index (χ1) is 13.8. The van der Waals surface area contributed by atoms with E-state index in [2.05, 4.69) is 31.6 Å². The standard InChI is InChI=1S/C20H19BrClN3O3S/c1-3-28-13-9-12(16(22)15(21)18(13)26)17-14(10(2)23-20(29)25-17)19(27)24-11-7-5-4-6-8-11/h4-9,14,17,26H,3H2,1-2H3,(H,24,27)(H,25,29). The summed E-state index contributed by atoms with van der Waals surface area (Å²) in [5.41, 5.74) is 1.79. The number of hydrogen-bond donors (Lipinski definition) is 3. The minimum atomic E-state index is -0.676. The minimum Gasteiger partial charge on any atom is -0.503 e. The van der Waals surface area contributed by atoms with Crippen LogP contribution in [0.1, 0.15) is 25.5 Å². The lowest BCUT2D eigenvalue weighted by molar-refractivity contribution is -0.118. The predicted octanol–water partition coefficient (Wildman–Crippen LogP) is 4.85. The molecule has 152 valence electrons. The quantitative estimate of drug-likeness (QED) is 0.515.